The van der Waals surface area contributed by atoms with Crippen molar-refractivity contribution in [2.45, 2.75) is 12.8 Å². The topological polar surface area (TPSA) is 61.6 Å². The van der Waals surface area contributed by atoms with Crippen LogP contribution in [0.5, 0.6) is 11.5 Å². The molecule has 4 heteroatoms. The zero-order valence-electron chi connectivity index (χ0n) is 12.5. The summed E-state index contributed by atoms with van der Waals surface area (Å²) in [4.78, 5) is 11.5. The molecule has 1 aliphatic heterocycles. The molecular weight excluding hydrogens is 278 g/mol. The van der Waals surface area contributed by atoms with Crippen molar-refractivity contribution in [1.82, 2.24) is 0 Å². The van der Waals surface area contributed by atoms with Crippen molar-refractivity contribution in [3.8, 4) is 11.5 Å². The molecule has 1 amide bonds. The van der Waals surface area contributed by atoms with E-state index in [0.717, 1.165) is 29.9 Å². The standard InChI is InChI=1S/C18H19NO3/c1-21-15-7-6-14-9-12(11-22-17(14)10-15)8-13-4-2-3-5-16(13)18(19)20/h2-7,10,12H,8-9,11H2,1H3,(H2,19,20)/t12-/m0/s1. The number of ether oxygens (including phenoxy) is 2. The van der Waals surface area contributed by atoms with Gasteiger partial charge in [-0.15, -0.1) is 0 Å². The van der Waals surface area contributed by atoms with Crippen LogP contribution >= 0.6 is 0 Å². The number of rotatable bonds is 4. The number of hydrogen-bond donors (Lipinski definition) is 1. The predicted molar refractivity (Wildman–Crippen MR) is 84.3 cm³/mol. The second-order valence-corrected chi connectivity index (χ2v) is 5.58. The number of primary amides is 1. The van der Waals surface area contributed by atoms with E-state index in [4.69, 9.17) is 15.2 Å². The van der Waals surface area contributed by atoms with Crippen LogP contribution in [0.15, 0.2) is 42.5 Å². The maximum Gasteiger partial charge on any atom is 0.248 e. The van der Waals surface area contributed by atoms with E-state index in [1.165, 1.54) is 5.56 Å². The third-order valence-corrected chi connectivity index (χ3v) is 4.05. The van der Waals surface area contributed by atoms with Crippen molar-refractivity contribution >= 4 is 5.91 Å². The van der Waals surface area contributed by atoms with E-state index in [1.54, 1.807) is 13.2 Å². The van der Waals surface area contributed by atoms with Crippen molar-refractivity contribution in [1.29, 1.82) is 0 Å². The van der Waals surface area contributed by atoms with Gasteiger partial charge in [0.05, 0.1) is 13.7 Å². The summed E-state index contributed by atoms with van der Waals surface area (Å²) in [6, 6.07) is 13.4. The van der Waals surface area contributed by atoms with Gasteiger partial charge >= 0.3 is 0 Å². The molecule has 1 atom stereocenters. The first-order valence-electron chi connectivity index (χ1n) is 7.35. The fourth-order valence-corrected chi connectivity index (χ4v) is 2.92. The lowest BCUT2D eigenvalue weighted by Gasteiger charge is -2.26. The number of hydrogen-bond acceptors (Lipinski definition) is 3. The summed E-state index contributed by atoms with van der Waals surface area (Å²) in [6.07, 6.45) is 1.71. The van der Waals surface area contributed by atoms with Crippen LogP contribution in [0.1, 0.15) is 21.5 Å². The highest BCUT2D eigenvalue weighted by Gasteiger charge is 2.22. The van der Waals surface area contributed by atoms with E-state index in [-0.39, 0.29) is 5.91 Å². The molecule has 0 aromatic heterocycles. The summed E-state index contributed by atoms with van der Waals surface area (Å²) < 4.78 is 11.1. The van der Waals surface area contributed by atoms with Gasteiger partial charge in [0.15, 0.2) is 0 Å². The molecule has 2 N–H and O–H groups in total. The number of carbonyl (C=O) groups is 1. The predicted octanol–water partition coefficient (Wildman–Crippen LogP) is 2.59. The first-order chi connectivity index (χ1) is 10.7. The summed E-state index contributed by atoms with van der Waals surface area (Å²) in [6.45, 7) is 0.632. The van der Waals surface area contributed by atoms with Crippen LogP contribution < -0.4 is 15.2 Å². The summed E-state index contributed by atoms with van der Waals surface area (Å²) in [5.74, 6) is 1.65. The van der Waals surface area contributed by atoms with Crippen LogP contribution in [-0.2, 0) is 12.8 Å². The highest BCUT2D eigenvalue weighted by Crippen LogP contribution is 2.32. The van der Waals surface area contributed by atoms with Crippen molar-refractivity contribution in [3.63, 3.8) is 0 Å². The Hall–Kier alpha value is -2.49. The Labute approximate surface area is 129 Å². The van der Waals surface area contributed by atoms with Crippen LogP contribution in [-0.4, -0.2) is 19.6 Å². The van der Waals surface area contributed by atoms with Gasteiger partial charge in [0.25, 0.3) is 0 Å². The van der Waals surface area contributed by atoms with E-state index in [0.29, 0.717) is 18.1 Å². The molecule has 4 nitrogen and oxygen atoms in total. The molecule has 0 saturated heterocycles. The summed E-state index contributed by atoms with van der Waals surface area (Å²) in [7, 11) is 1.65. The Kier molecular flexibility index (Phi) is 4.00. The van der Waals surface area contributed by atoms with E-state index < -0.39 is 0 Å². The van der Waals surface area contributed by atoms with Gasteiger partial charge in [0, 0.05) is 17.5 Å². The molecule has 0 spiro atoms. The molecule has 0 unspecified atom stereocenters. The maximum absolute atomic E-state index is 11.5. The van der Waals surface area contributed by atoms with E-state index in [2.05, 4.69) is 0 Å². The quantitative estimate of drug-likeness (QED) is 0.943. The first-order valence-corrected chi connectivity index (χ1v) is 7.35. The van der Waals surface area contributed by atoms with Crippen molar-refractivity contribution in [2.24, 2.45) is 11.7 Å². The normalized spacial score (nSPS) is 16.5. The lowest BCUT2D eigenvalue weighted by molar-refractivity contribution is 0.0999. The minimum absolute atomic E-state index is 0.335. The van der Waals surface area contributed by atoms with Crippen molar-refractivity contribution < 1.29 is 14.3 Å². The van der Waals surface area contributed by atoms with Crippen LogP contribution in [0.3, 0.4) is 0 Å². The van der Waals surface area contributed by atoms with Gasteiger partial charge in [-0.25, -0.2) is 0 Å². The van der Waals surface area contributed by atoms with E-state index >= 15 is 0 Å². The summed E-state index contributed by atoms with van der Waals surface area (Å²) >= 11 is 0. The van der Waals surface area contributed by atoms with Gasteiger partial charge < -0.3 is 15.2 Å². The van der Waals surface area contributed by atoms with Crippen LogP contribution in [0.4, 0.5) is 0 Å². The third kappa shape index (κ3) is 2.91. The second kappa shape index (κ2) is 6.10. The number of methoxy groups -OCH3 is 1. The molecule has 2 aromatic rings. The smallest absolute Gasteiger partial charge is 0.248 e. The van der Waals surface area contributed by atoms with Crippen molar-refractivity contribution in [3.05, 3.63) is 59.2 Å². The number of amides is 1. The Morgan fingerprint density at radius 2 is 2.14 bits per heavy atom. The molecule has 0 bridgehead atoms. The first kappa shape index (κ1) is 14.4. The average Bonchev–Trinajstić information content (AvgIpc) is 2.54. The minimum atomic E-state index is -0.377. The molecule has 22 heavy (non-hydrogen) atoms. The molecule has 1 heterocycles. The largest absolute Gasteiger partial charge is 0.497 e. The Bertz CT molecular complexity index is 696. The van der Waals surface area contributed by atoms with Gasteiger partial charge in [-0.2, -0.15) is 0 Å². The van der Waals surface area contributed by atoms with E-state index in [9.17, 15) is 4.79 Å². The lowest BCUT2D eigenvalue weighted by Crippen LogP contribution is -2.24. The molecule has 3 rings (SSSR count). The number of benzene rings is 2. The molecule has 0 fully saturated rings. The van der Waals surface area contributed by atoms with Crippen LogP contribution in [0.2, 0.25) is 0 Å². The fourth-order valence-electron chi connectivity index (χ4n) is 2.92. The SMILES string of the molecule is COc1ccc2c(c1)OC[C@@H](Cc1ccccc1C(N)=O)C2. The summed E-state index contributed by atoms with van der Waals surface area (Å²) in [5, 5.41) is 0. The molecular formula is C18H19NO3. The van der Waals surface area contributed by atoms with Gasteiger partial charge in [-0.3, -0.25) is 4.79 Å². The molecule has 114 valence electrons. The third-order valence-electron chi connectivity index (χ3n) is 4.05. The van der Waals surface area contributed by atoms with Crippen molar-refractivity contribution in [2.75, 3.05) is 13.7 Å². The summed E-state index contributed by atoms with van der Waals surface area (Å²) in [5.41, 5.74) is 8.21. The number of nitrogens with two attached hydrogens (primary N) is 1. The Morgan fingerprint density at radius 3 is 2.91 bits per heavy atom. The number of carbonyl (C=O) groups excluding carboxylic acids is 1. The molecule has 0 saturated carbocycles. The fraction of sp³-hybridized carbons (Fsp3) is 0.278. The lowest BCUT2D eigenvalue weighted by atomic mass is 9.89. The monoisotopic (exact) mass is 297 g/mol. The molecule has 1 aliphatic rings. The Morgan fingerprint density at radius 1 is 1.32 bits per heavy atom. The van der Waals surface area contributed by atoms with Gasteiger partial charge in [-0.1, -0.05) is 24.3 Å². The molecule has 0 radical (unpaired) electrons. The van der Waals surface area contributed by atoms with E-state index in [1.807, 2.05) is 36.4 Å². The molecule has 2 aromatic carbocycles. The second-order valence-electron chi connectivity index (χ2n) is 5.58. The number of fused-ring (bicyclic) bond motifs is 1. The van der Waals surface area contributed by atoms with Gasteiger partial charge in [-0.05, 0) is 36.1 Å². The van der Waals surface area contributed by atoms with Crippen LogP contribution in [0.25, 0.3) is 0 Å². The minimum Gasteiger partial charge on any atom is -0.497 e. The average molecular weight is 297 g/mol. The zero-order valence-corrected chi connectivity index (χ0v) is 12.5. The zero-order chi connectivity index (χ0) is 15.5. The van der Waals surface area contributed by atoms with Gasteiger partial charge in [0.1, 0.15) is 11.5 Å². The Balaban J connectivity index is 1.77. The molecule has 0 aliphatic carbocycles. The highest BCUT2D eigenvalue weighted by molar-refractivity contribution is 5.94. The maximum atomic E-state index is 11.5. The highest BCUT2D eigenvalue weighted by atomic mass is 16.5. The van der Waals surface area contributed by atoms with Crippen LogP contribution in [0, 0.1) is 5.92 Å². The van der Waals surface area contributed by atoms with Gasteiger partial charge in [0.2, 0.25) is 5.91 Å².